The first-order valence-corrected chi connectivity index (χ1v) is 22.1. The average Bonchev–Trinajstić information content (AvgIpc) is 4.00. The summed E-state index contributed by atoms with van der Waals surface area (Å²) in [5.41, 5.74) is 4.82. The predicted octanol–water partition coefficient (Wildman–Crippen LogP) is 13.3. The molecular weight excluding hydrogens is 789 g/mol. The van der Waals surface area contributed by atoms with Gasteiger partial charge in [-0.1, -0.05) is 64.4 Å². The average molecular weight is 819 g/mol. The van der Waals surface area contributed by atoms with Crippen LogP contribution in [0.25, 0.3) is 53.3 Å². The molecule has 0 amide bonds. The molecule has 14 heteroatoms. The van der Waals surface area contributed by atoms with Crippen LogP contribution >= 0.6 is 68.0 Å². The summed E-state index contributed by atoms with van der Waals surface area (Å²) in [6, 6.07) is 13.9. The Morgan fingerprint density at radius 3 is 1.52 bits per heavy atom. The van der Waals surface area contributed by atoms with E-state index in [0.29, 0.717) is 23.2 Å². The first kappa shape index (κ1) is 36.3. The molecular formula is C40H30N6O2S6. The summed E-state index contributed by atoms with van der Waals surface area (Å²) in [7, 11) is 0. The number of thiophene rings is 6. The van der Waals surface area contributed by atoms with Gasteiger partial charge in [-0.3, -0.25) is 0 Å². The van der Waals surface area contributed by atoms with Crippen LogP contribution in [-0.4, -0.2) is 24.8 Å². The minimum Gasteiger partial charge on any atom is -0.492 e. The predicted molar refractivity (Wildman–Crippen MR) is 226 cm³/mol. The molecule has 6 aromatic heterocycles. The number of aliphatic imine (C=N–C) groups is 2. The topological polar surface area (TPSA) is 119 Å². The third-order valence-electron chi connectivity index (χ3n) is 9.59. The minimum atomic E-state index is -0.214. The summed E-state index contributed by atoms with van der Waals surface area (Å²) in [6.07, 6.45) is 1.73. The maximum atomic E-state index is 9.32. The number of hydrogen-bond donors (Lipinski definition) is 0. The van der Waals surface area contributed by atoms with E-state index in [2.05, 4.69) is 68.5 Å². The van der Waals surface area contributed by atoms with Gasteiger partial charge >= 0.3 is 5.84 Å². The lowest BCUT2D eigenvalue weighted by Gasteiger charge is -2.21. The van der Waals surface area contributed by atoms with Gasteiger partial charge in [-0.05, 0) is 47.2 Å². The van der Waals surface area contributed by atoms with Crippen molar-refractivity contribution < 1.29 is 9.47 Å². The molecule has 0 bridgehead atoms. The van der Waals surface area contributed by atoms with Crippen molar-refractivity contribution in [2.24, 2.45) is 9.98 Å². The number of hydrogen-bond acceptors (Lipinski definition) is 13. The number of amidine groups is 1. The monoisotopic (exact) mass is 818 g/mol. The zero-order chi connectivity index (χ0) is 38.1. The third kappa shape index (κ3) is 5.56. The molecule has 0 aliphatic heterocycles. The highest BCUT2D eigenvalue weighted by Gasteiger charge is 2.47. The molecule has 6 heterocycles. The van der Waals surface area contributed by atoms with Crippen molar-refractivity contribution in [3.63, 3.8) is 0 Å². The van der Waals surface area contributed by atoms with Gasteiger partial charge in [0.2, 0.25) is 10.7 Å². The largest absolute Gasteiger partial charge is 0.492 e. The summed E-state index contributed by atoms with van der Waals surface area (Å²) < 4.78 is 15.1. The van der Waals surface area contributed by atoms with Crippen LogP contribution < -0.4 is 9.47 Å². The Labute approximate surface area is 337 Å². The summed E-state index contributed by atoms with van der Waals surface area (Å²) in [6.45, 7) is 21.9. The van der Waals surface area contributed by atoms with Gasteiger partial charge in [0.05, 0.1) is 42.1 Å². The van der Waals surface area contributed by atoms with Crippen molar-refractivity contribution in [3.05, 3.63) is 57.9 Å². The molecule has 6 aromatic rings. The van der Waals surface area contributed by atoms with Gasteiger partial charge < -0.3 is 14.3 Å². The molecule has 0 unspecified atom stereocenters. The Bertz CT molecular complexity index is 2550. The molecule has 0 aromatic carbocycles. The zero-order valence-corrected chi connectivity index (χ0v) is 35.0. The summed E-state index contributed by atoms with van der Waals surface area (Å²) in [5, 5.41) is 29.1. The highest BCUT2D eigenvalue weighted by Crippen LogP contribution is 2.67. The van der Waals surface area contributed by atoms with Gasteiger partial charge in [-0.15, -0.1) is 56.7 Å². The van der Waals surface area contributed by atoms with Gasteiger partial charge in [0.1, 0.15) is 34.7 Å². The van der Waals surface area contributed by atoms with Crippen molar-refractivity contribution in [3.8, 4) is 68.7 Å². The Morgan fingerprint density at radius 1 is 0.648 bits per heavy atom. The van der Waals surface area contributed by atoms with E-state index in [1.807, 2.05) is 53.0 Å². The Hall–Kier alpha value is -4.64. The van der Waals surface area contributed by atoms with Crippen LogP contribution in [0.2, 0.25) is 0 Å². The molecule has 0 atom stereocenters. The van der Waals surface area contributed by atoms with Crippen molar-refractivity contribution in [2.45, 2.75) is 65.2 Å². The summed E-state index contributed by atoms with van der Waals surface area (Å²) >= 11 is 10.3. The lowest BCUT2D eigenvalue weighted by atomic mass is 9.82. The fraction of sp³-hybridized carbons (Fsp3) is 0.300. The molecule has 268 valence electrons. The lowest BCUT2D eigenvalue weighted by molar-refractivity contribution is 0.320. The normalized spacial score (nSPS) is 14.4. The maximum Gasteiger partial charge on any atom is 0.350 e. The van der Waals surface area contributed by atoms with E-state index in [0.717, 1.165) is 43.8 Å². The first-order valence-electron chi connectivity index (χ1n) is 17.2. The molecule has 8 nitrogen and oxygen atoms in total. The minimum absolute atomic E-state index is 0.173. The van der Waals surface area contributed by atoms with Crippen LogP contribution in [0.3, 0.4) is 0 Å². The quantitative estimate of drug-likeness (QED) is 0.0774. The number of nitriles is 3. The standard InChI is InChI=1S/C40H30N6O2S6/c1-8-10-47-22-14-27(45-19(16-41)17-42)51-33(22)24-12-20-31(49-24)35-29(39(20,3)4)37-38(53-35)30-36(54-37)32-21(40(30,5)6)13-25(50-32)34-23(48-11-9-2)15-28(52-34)46-26(18-43)44-7/h12-15H,8-11H2,1-6H3. The second-order valence-corrected chi connectivity index (χ2v) is 20.0. The lowest BCUT2D eigenvalue weighted by Crippen LogP contribution is -2.15. The first-order chi connectivity index (χ1) is 26.0. The molecule has 0 N–H and O–H groups in total. The molecule has 0 radical (unpaired) electrons. The zero-order valence-electron chi connectivity index (χ0n) is 30.1. The summed E-state index contributed by atoms with van der Waals surface area (Å²) in [4.78, 5) is 21.3. The van der Waals surface area contributed by atoms with E-state index in [1.165, 1.54) is 73.8 Å². The Kier molecular flexibility index (Phi) is 9.14. The smallest absolute Gasteiger partial charge is 0.350 e. The third-order valence-corrected chi connectivity index (χ3v) is 17.1. The van der Waals surface area contributed by atoms with Crippen LogP contribution in [0.4, 0.5) is 10.0 Å². The van der Waals surface area contributed by atoms with Crippen molar-refractivity contribution >= 4 is 99.0 Å². The number of rotatable bonds is 10. The van der Waals surface area contributed by atoms with E-state index >= 15 is 0 Å². The number of nitrogens with zero attached hydrogens (tertiary/aromatic N) is 6. The van der Waals surface area contributed by atoms with E-state index in [4.69, 9.17) is 16.0 Å². The maximum absolute atomic E-state index is 9.32. The molecule has 54 heavy (non-hydrogen) atoms. The fourth-order valence-electron chi connectivity index (χ4n) is 7.11. The van der Waals surface area contributed by atoms with Gasteiger partial charge in [-0.2, -0.15) is 10.5 Å². The molecule has 8 rings (SSSR count). The molecule has 2 aliphatic rings. The molecule has 0 fully saturated rings. The van der Waals surface area contributed by atoms with Crippen molar-refractivity contribution in [1.29, 1.82) is 15.8 Å². The number of ether oxygens (including phenoxy) is 2. The highest BCUT2D eigenvalue weighted by atomic mass is 32.1. The Balaban J connectivity index is 1.21. The van der Waals surface area contributed by atoms with Crippen molar-refractivity contribution in [1.82, 2.24) is 0 Å². The van der Waals surface area contributed by atoms with Crippen LogP contribution in [0.5, 0.6) is 11.5 Å². The second-order valence-electron chi connectivity index (χ2n) is 13.8. The number of fused-ring (bicyclic) bond motifs is 9. The van der Waals surface area contributed by atoms with Crippen LogP contribution in [0.15, 0.2) is 34.3 Å². The fourth-order valence-corrected chi connectivity index (χ4v) is 15.7. The van der Waals surface area contributed by atoms with Crippen molar-refractivity contribution in [2.75, 3.05) is 13.2 Å². The molecule has 2 aliphatic carbocycles. The van der Waals surface area contributed by atoms with Gasteiger partial charge in [0, 0.05) is 42.5 Å². The molecule has 0 saturated heterocycles. The van der Waals surface area contributed by atoms with E-state index in [1.54, 1.807) is 22.7 Å². The van der Waals surface area contributed by atoms with Gasteiger partial charge in [-0.25, -0.2) is 10.3 Å². The highest BCUT2D eigenvalue weighted by molar-refractivity contribution is 7.35. The molecule has 0 spiro atoms. The Morgan fingerprint density at radius 2 is 1.11 bits per heavy atom. The van der Waals surface area contributed by atoms with Crippen LogP contribution in [0, 0.1) is 40.6 Å². The van der Waals surface area contributed by atoms with E-state index in [9.17, 15) is 15.8 Å². The van der Waals surface area contributed by atoms with E-state index in [-0.39, 0.29) is 22.4 Å². The van der Waals surface area contributed by atoms with E-state index < -0.39 is 0 Å². The van der Waals surface area contributed by atoms with Crippen LogP contribution in [0.1, 0.15) is 76.6 Å². The molecule has 0 saturated carbocycles. The summed E-state index contributed by atoms with van der Waals surface area (Å²) in [5.74, 6) is 1.28. The van der Waals surface area contributed by atoms with Gasteiger partial charge in [0.15, 0.2) is 0 Å². The second kappa shape index (κ2) is 13.6. The van der Waals surface area contributed by atoms with Gasteiger partial charge in [0.25, 0.3) is 0 Å². The SMILES string of the molecule is [C-]#[N+]C(C#N)=Nc1cc(OCCC)c(-c2cc3c(s2)-c2sc4c5c(sc4c2C3(C)C)-c2sc(-c3sc(N=C(C#N)C#N)cc3OCCC)cc2C5(C)C)s1. The van der Waals surface area contributed by atoms with Crippen LogP contribution in [-0.2, 0) is 10.8 Å².